The van der Waals surface area contributed by atoms with Crippen molar-refractivity contribution in [2.24, 2.45) is 0 Å². The van der Waals surface area contributed by atoms with Crippen molar-refractivity contribution in [3.05, 3.63) is 52.5 Å². The predicted molar refractivity (Wildman–Crippen MR) is 138 cm³/mol. The summed E-state index contributed by atoms with van der Waals surface area (Å²) in [5.41, 5.74) is 1.50. The van der Waals surface area contributed by atoms with Crippen LogP contribution in [0, 0.1) is 5.82 Å². The van der Waals surface area contributed by atoms with Gasteiger partial charge in [-0.3, -0.25) is 24.2 Å². The van der Waals surface area contributed by atoms with Gasteiger partial charge in [-0.2, -0.15) is 0 Å². The number of hydrogen-bond acceptors (Lipinski definition) is 9. The molecule has 3 aliphatic rings. The Labute approximate surface area is 224 Å². The number of aromatic nitrogens is 3. The van der Waals surface area contributed by atoms with Crippen molar-refractivity contribution in [3.63, 3.8) is 0 Å². The van der Waals surface area contributed by atoms with Crippen molar-refractivity contribution >= 4 is 35.8 Å². The number of nitrogens with zero attached hydrogens (tertiary/aromatic N) is 4. The number of piperidine rings is 1. The number of β-amino-alcohol motifs (C(OH)–C–C–N with tert-alkyl or cyclic N) is 1. The Bertz CT molecular complexity index is 1330. The van der Waals surface area contributed by atoms with E-state index in [1.807, 2.05) is 6.07 Å². The molecule has 2 N–H and O–H groups in total. The van der Waals surface area contributed by atoms with Crippen LogP contribution in [0.2, 0.25) is 0 Å². The van der Waals surface area contributed by atoms with E-state index in [-0.39, 0.29) is 54.8 Å². The number of pyridine rings is 3. The van der Waals surface area contributed by atoms with E-state index in [1.165, 1.54) is 6.07 Å². The maximum absolute atomic E-state index is 14.3. The summed E-state index contributed by atoms with van der Waals surface area (Å²) in [5, 5.41) is 14.2. The third-order valence-electron chi connectivity index (χ3n) is 6.81. The molecule has 6 heterocycles. The number of nitrogens with one attached hydrogen (secondary N) is 1. The van der Waals surface area contributed by atoms with Gasteiger partial charge in [-0.1, -0.05) is 0 Å². The summed E-state index contributed by atoms with van der Waals surface area (Å²) in [7, 11) is 0. The topological polar surface area (TPSA) is 111 Å². The maximum Gasteiger partial charge on any atom is 0.251 e. The molecule has 0 unspecified atom stereocenters. The Balaban J connectivity index is 0.00000160. The minimum Gasteiger partial charge on any atom is -0.486 e. The van der Waals surface area contributed by atoms with Crippen LogP contribution in [0.1, 0.15) is 18.2 Å². The number of halogens is 3. The van der Waals surface area contributed by atoms with Crippen LogP contribution in [-0.4, -0.2) is 76.1 Å². The van der Waals surface area contributed by atoms with Gasteiger partial charge in [0.25, 0.3) is 5.56 Å². The number of hydrogen-bond donors (Lipinski definition) is 2. The molecule has 13 heteroatoms. The first-order valence-corrected chi connectivity index (χ1v) is 11.8. The SMILES string of the molecule is Cl.Cl.O=c1ccc2ncc(F)c3c2n1[C@H](CN1CC[C@H](NCc2cc4c(cn2)OCCO4)[C@H](O)C1)CO3. The molecule has 3 atom stereocenters. The number of fused-ring (bicyclic) bond motifs is 1. The molecule has 0 radical (unpaired) electrons. The van der Waals surface area contributed by atoms with Crippen LogP contribution in [0.4, 0.5) is 4.39 Å². The van der Waals surface area contributed by atoms with Gasteiger partial charge < -0.3 is 24.6 Å². The molecule has 0 amide bonds. The standard InChI is InChI=1S/C24H26FN5O5.2ClH/c25-16-9-28-18-1-2-22(32)30-15(13-35-24(16)23(18)30)11-29-4-3-17(19(31)12-29)27-8-14-7-20-21(10-26-14)34-6-5-33-20;;/h1-2,7,9-10,15,17,19,27,31H,3-6,8,11-13H2;2*1H/t15-,17+,19-;;/m1../s1. The molecule has 6 rings (SSSR count). The summed E-state index contributed by atoms with van der Waals surface area (Å²) in [6.07, 6.45) is 2.91. The second-order valence-corrected chi connectivity index (χ2v) is 9.10. The van der Waals surface area contributed by atoms with Gasteiger partial charge in [-0.05, 0) is 19.0 Å². The molecule has 1 fully saturated rings. The van der Waals surface area contributed by atoms with Crippen molar-refractivity contribution in [1.82, 2.24) is 24.8 Å². The van der Waals surface area contributed by atoms with E-state index >= 15 is 0 Å². The zero-order chi connectivity index (χ0) is 23.9. The van der Waals surface area contributed by atoms with Gasteiger partial charge in [0.15, 0.2) is 23.1 Å². The summed E-state index contributed by atoms with van der Waals surface area (Å²) in [5.74, 6) is 0.829. The highest BCUT2D eigenvalue weighted by Gasteiger charge is 2.32. The van der Waals surface area contributed by atoms with Crippen LogP contribution >= 0.6 is 24.8 Å². The number of likely N-dealkylation sites (tertiary alicyclic amines) is 1. The molecule has 37 heavy (non-hydrogen) atoms. The van der Waals surface area contributed by atoms with Crippen molar-refractivity contribution in [2.75, 3.05) is 39.5 Å². The van der Waals surface area contributed by atoms with Crippen LogP contribution in [0.15, 0.2) is 35.4 Å². The molecule has 3 aliphatic heterocycles. The minimum absolute atomic E-state index is 0. The molecule has 3 aromatic rings. The van der Waals surface area contributed by atoms with Crippen molar-refractivity contribution < 1.29 is 23.7 Å². The average Bonchev–Trinajstić information content (AvgIpc) is 2.87. The Morgan fingerprint density at radius 3 is 2.73 bits per heavy atom. The van der Waals surface area contributed by atoms with E-state index in [0.717, 1.165) is 24.9 Å². The molecule has 3 aromatic heterocycles. The zero-order valence-electron chi connectivity index (χ0n) is 19.8. The predicted octanol–water partition coefficient (Wildman–Crippen LogP) is 1.70. The Morgan fingerprint density at radius 1 is 1.11 bits per heavy atom. The van der Waals surface area contributed by atoms with E-state index in [9.17, 15) is 14.3 Å². The summed E-state index contributed by atoms with van der Waals surface area (Å²) in [6, 6.07) is 4.50. The molecule has 200 valence electrons. The monoisotopic (exact) mass is 555 g/mol. The van der Waals surface area contributed by atoms with Crippen LogP contribution in [-0.2, 0) is 6.54 Å². The number of aliphatic hydroxyl groups is 1. The first-order chi connectivity index (χ1) is 17.1. The lowest BCUT2D eigenvalue weighted by Gasteiger charge is -2.39. The molecule has 1 saturated heterocycles. The second-order valence-electron chi connectivity index (χ2n) is 9.10. The molecule has 0 saturated carbocycles. The lowest BCUT2D eigenvalue weighted by molar-refractivity contribution is 0.0294. The van der Waals surface area contributed by atoms with Gasteiger partial charge in [0.1, 0.15) is 25.3 Å². The van der Waals surface area contributed by atoms with Crippen LogP contribution < -0.4 is 25.1 Å². The number of aliphatic hydroxyl groups excluding tert-OH is 1. The quantitative estimate of drug-likeness (QED) is 0.485. The molecule has 0 aliphatic carbocycles. The Morgan fingerprint density at radius 2 is 1.92 bits per heavy atom. The lowest BCUT2D eigenvalue weighted by atomic mass is 10.0. The minimum atomic E-state index is -0.593. The summed E-state index contributed by atoms with van der Waals surface area (Å²) >= 11 is 0. The van der Waals surface area contributed by atoms with Crippen molar-refractivity contribution in [2.45, 2.75) is 31.2 Å². The Hall–Kier alpha value is -2.70. The van der Waals surface area contributed by atoms with Crippen LogP contribution in [0.3, 0.4) is 0 Å². The van der Waals surface area contributed by atoms with Crippen molar-refractivity contribution in [1.29, 1.82) is 0 Å². The summed E-state index contributed by atoms with van der Waals surface area (Å²) in [4.78, 5) is 23.3. The molecule has 0 bridgehead atoms. The first-order valence-electron chi connectivity index (χ1n) is 11.8. The third kappa shape index (κ3) is 5.32. The van der Waals surface area contributed by atoms with Gasteiger partial charge in [-0.25, -0.2) is 4.39 Å². The van der Waals surface area contributed by atoms with Crippen LogP contribution in [0.25, 0.3) is 11.0 Å². The molecule has 0 aromatic carbocycles. The van der Waals surface area contributed by atoms with Gasteiger partial charge in [0.2, 0.25) is 0 Å². The van der Waals surface area contributed by atoms with E-state index in [4.69, 9.17) is 14.2 Å². The van der Waals surface area contributed by atoms with E-state index in [0.29, 0.717) is 55.4 Å². The normalized spacial score (nSPS) is 22.5. The highest BCUT2D eigenvalue weighted by Crippen LogP contribution is 2.33. The largest absolute Gasteiger partial charge is 0.486 e. The first kappa shape index (κ1) is 27.3. The average molecular weight is 556 g/mol. The molecular formula is C24H28Cl2FN5O5. The fourth-order valence-electron chi connectivity index (χ4n) is 5.08. The maximum atomic E-state index is 14.3. The lowest BCUT2D eigenvalue weighted by Crippen LogP contribution is -2.54. The number of rotatable bonds is 5. The fourth-order valence-corrected chi connectivity index (χ4v) is 5.08. The van der Waals surface area contributed by atoms with E-state index in [2.05, 4.69) is 20.2 Å². The second kappa shape index (κ2) is 11.4. The third-order valence-corrected chi connectivity index (χ3v) is 6.81. The smallest absolute Gasteiger partial charge is 0.251 e. The zero-order valence-corrected chi connectivity index (χ0v) is 21.5. The highest BCUT2D eigenvalue weighted by molar-refractivity contribution is 5.85. The van der Waals surface area contributed by atoms with Gasteiger partial charge >= 0.3 is 0 Å². The van der Waals surface area contributed by atoms with Gasteiger partial charge in [-0.15, -0.1) is 24.8 Å². The van der Waals surface area contributed by atoms with Crippen LogP contribution in [0.5, 0.6) is 17.2 Å². The fraction of sp³-hybridized carbons (Fsp3) is 0.458. The van der Waals surface area contributed by atoms with Gasteiger partial charge in [0.05, 0.1) is 35.8 Å². The molecular weight excluding hydrogens is 528 g/mol. The van der Waals surface area contributed by atoms with Gasteiger partial charge in [0, 0.05) is 37.8 Å². The Kier molecular flexibility index (Phi) is 8.39. The van der Waals surface area contributed by atoms with Crippen molar-refractivity contribution in [3.8, 4) is 17.2 Å². The molecule has 10 nitrogen and oxygen atoms in total. The highest BCUT2D eigenvalue weighted by atomic mass is 35.5. The summed E-state index contributed by atoms with van der Waals surface area (Å²) < 4.78 is 32.7. The number of ether oxygens (including phenoxy) is 3. The summed E-state index contributed by atoms with van der Waals surface area (Å²) in [6.45, 7) is 3.40. The molecule has 0 spiro atoms. The van der Waals surface area contributed by atoms with E-state index in [1.54, 1.807) is 16.8 Å². The van der Waals surface area contributed by atoms with E-state index < -0.39 is 11.9 Å².